The van der Waals surface area contributed by atoms with Gasteiger partial charge in [0.1, 0.15) is 0 Å². The van der Waals surface area contributed by atoms with Crippen molar-refractivity contribution in [3.05, 3.63) is 28.2 Å². The summed E-state index contributed by atoms with van der Waals surface area (Å²) in [5, 5.41) is 0. The van der Waals surface area contributed by atoms with Gasteiger partial charge in [-0.25, -0.2) is 0 Å². The summed E-state index contributed by atoms with van der Waals surface area (Å²) in [6.07, 6.45) is 0.445. The van der Waals surface area contributed by atoms with Gasteiger partial charge in [-0.05, 0) is 40.5 Å². The number of benzene rings is 1. The van der Waals surface area contributed by atoms with Crippen molar-refractivity contribution in [3.8, 4) is 0 Å². The molecular formula is C11H13BrN2O. The molecule has 1 aliphatic rings. The topological polar surface area (TPSA) is 46.3 Å². The predicted molar refractivity (Wildman–Crippen MR) is 63.8 cm³/mol. The van der Waals surface area contributed by atoms with Gasteiger partial charge in [0.15, 0.2) is 0 Å². The van der Waals surface area contributed by atoms with Crippen molar-refractivity contribution in [1.82, 2.24) is 0 Å². The number of amides is 1. The van der Waals surface area contributed by atoms with Crippen molar-refractivity contribution in [2.45, 2.75) is 19.4 Å². The highest BCUT2D eigenvalue weighted by atomic mass is 79.9. The number of carbonyl (C=O) groups is 1. The van der Waals surface area contributed by atoms with E-state index in [1.807, 2.05) is 25.1 Å². The van der Waals surface area contributed by atoms with Crippen LogP contribution < -0.4 is 10.6 Å². The lowest BCUT2D eigenvalue weighted by Crippen LogP contribution is -2.28. The summed E-state index contributed by atoms with van der Waals surface area (Å²) in [5.41, 5.74) is 7.83. The van der Waals surface area contributed by atoms with Gasteiger partial charge in [0.25, 0.3) is 0 Å². The van der Waals surface area contributed by atoms with Crippen LogP contribution in [0.3, 0.4) is 0 Å². The number of hydrogen-bond donors (Lipinski definition) is 1. The Morgan fingerprint density at radius 2 is 2.27 bits per heavy atom. The number of anilines is 1. The van der Waals surface area contributed by atoms with Gasteiger partial charge in [-0.15, -0.1) is 0 Å². The Kier molecular flexibility index (Phi) is 2.80. The van der Waals surface area contributed by atoms with Crippen molar-refractivity contribution < 1.29 is 4.79 Å². The first-order valence-corrected chi connectivity index (χ1v) is 5.69. The van der Waals surface area contributed by atoms with E-state index in [9.17, 15) is 4.79 Å². The second kappa shape index (κ2) is 3.94. The third kappa shape index (κ3) is 2.06. The SMILES string of the molecule is Cc1ccc(Br)c(N2CC(N)CC2=O)c1. The van der Waals surface area contributed by atoms with Crippen LogP contribution in [0.1, 0.15) is 12.0 Å². The third-order valence-corrected chi connectivity index (χ3v) is 3.22. The monoisotopic (exact) mass is 268 g/mol. The van der Waals surface area contributed by atoms with Crippen LogP contribution in [0.5, 0.6) is 0 Å². The fourth-order valence-electron chi connectivity index (χ4n) is 1.80. The van der Waals surface area contributed by atoms with Crippen LogP contribution in [0.15, 0.2) is 22.7 Å². The molecule has 1 fully saturated rings. The third-order valence-electron chi connectivity index (χ3n) is 2.55. The van der Waals surface area contributed by atoms with Crippen LogP contribution >= 0.6 is 15.9 Å². The molecule has 2 N–H and O–H groups in total. The highest BCUT2D eigenvalue weighted by Gasteiger charge is 2.29. The average Bonchev–Trinajstić information content (AvgIpc) is 2.50. The van der Waals surface area contributed by atoms with Crippen LogP contribution in [0, 0.1) is 6.92 Å². The Hall–Kier alpha value is -0.870. The fraction of sp³-hybridized carbons (Fsp3) is 0.364. The largest absolute Gasteiger partial charge is 0.326 e. The van der Waals surface area contributed by atoms with Crippen LogP contribution in [0.25, 0.3) is 0 Å². The number of nitrogens with zero attached hydrogens (tertiary/aromatic N) is 1. The summed E-state index contributed by atoms with van der Waals surface area (Å²) < 4.78 is 0.940. The molecule has 1 unspecified atom stereocenters. The van der Waals surface area contributed by atoms with Gasteiger partial charge >= 0.3 is 0 Å². The summed E-state index contributed by atoms with van der Waals surface area (Å²) in [4.78, 5) is 13.4. The van der Waals surface area contributed by atoms with E-state index < -0.39 is 0 Å². The molecule has 0 radical (unpaired) electrons. The van der Waals surface area contributed by atoms with Crippen molar-refractivity contribution in [3.63, 3.8) is 0 Å². The number of nitrogens with two attached hydrogens (primary N) is 1. The first kappa shape index (κ1) is 10.6. The van der Waals surface area contributed by atoms with Gasteiger partial charge in [-0.2, -0.15) is 0 Å². The number of hydrogen-bond acceptors (Lipinski definition) is 2. The van der Waals surface area contributed by atoms with E-state index >= 15 is 0 Å². The maximum Gasteiger partial charge on any atom is 0.228 e. The molecule has 4 heteroatoms. The molecule has 1 atom stereocenters. The van der Waals surface area contributed by atoms with E-state index in [-0.39, 0.29) is 11.9 Å². The van der Waals surface area contributed by atoms with Crippen LogP contribution in [0.2, 0.25) is 0 Å². The van der Waals surface area contributed by atoms with E-state index in [4.69, 9.17) is 5.73 Å². The standard InChI is InChI=1S/C11H13BrN2O/c1-7-2-3-9(12)10(4-7)14-6-8(13)5-11(14)15/h2-4,8H,5-6,13H2,1H3. The van der Waals surface area contributed by atoms with Gasteiger partial charge in [-0.3, -0.25) is 4.79 Å². The smallest absolute Gasteiger partial charge is 0.228 e. The van der Waals surface area contributed by atoms with Crippen LogP contribution in [-0.2, 0) is 4.79 Å². The van der Waals surface area contributed by atoms with Gasteiger partial charge in [-0.1, -0.05) is 6.07 Å². The minimum atomic E-state index is -0.0371. The van der Waals surface area contributed by atoms with Crippen molar-refractivity contribution >= 4 is 27.5 Å². The van der Waals surface area contributed by atoms with E-state index in [1.165, 1.54) is 0 Å². The molecule has 0 aliphatic carbocycles. The maximum atomic E-state index is 11.7. The summed E-state index contributed by atoms with van der Waals surface area (Å²) >= 11 is 3.45. The summed E-state index contributed by atoms with van der Waals surface area (Å²) in [5.74, 6) is 0.105. The first-order chi connectivity index (χ1) is 7.08. The molecule has 0 saturated carbocycles. The normalized spacial score (nSPS) is 21.1. The van der Waals surface area contributed by atoms with Crippen molar-refractivity contribution in [2.75, 3.05) is 11.4 Å². The van der Waals surface area contributed by atoms with Crippen molar-refractivity contribution in [1.29, 1.82) is 0 Å². The molecule has 1 heterocycles. The number of rotatable bonds is 1. The molecule has 2 rings (SSSR count). The van der Waals surface area contributed by atoms with E-state index in [0.717, 1.165) is 15.7 Å². The van der Waals surface area contributed by atoms with E-state index in [2.05, 4.69) is 15.9 Å². The molecule has 1 aromatic rings. The van der Waals surface area contributed by atoms with E-state index in [0.29, 0.717) is 13.0 Å². The predicted octanol–water partition coefficient (Wildman–Crippen LogP) is 1.82. The van der Waals surface area contributed by atoms with Crippen LogP contribution in [-0.4, -0.2) is 18.5 Å². The lowest BCUT2D eigenvalue weighted by Gasteiger charge is -2.18. The average molecular weight is 269 g/mol. The number of carbonyl (C=O) groups excluding carboxylic acids is 1. The highest BCUT2D eigenvalue weighted by molar-refractivity contribution is 9.10. The van der Waals surface area contributed by atoms with Crippen molar-refractivity contribution in [2.24, 2.45) is 5.73 Å². The molecule has 15 heavy (non-hydrogen) atoms. The van der Waals surface area contributed by atoms with E-state index in [1.54, 1.807) is 4.90 Å². The Labute approximate surface area is 97.4 Å². The summed E-state index contributed by atoms with van der Waals surface area (Å²) in [6.45, 7) is 2.62. The molecule has 3 nitrogen and oxygen atoms in total. The van der Waals surface area contributed by atoms with Gasteiger partial charge in [0.05, 0.1) is 5.69 Å². The Morgan fingerprint density at radius 3 is 2.87 bits per heavy atom. The molecular weight excluding hydrogens is 256 g/mol. The van der Waals surface area contributed by atoms with Gasteiger partial charge in [0.2, 0.25) is 5.91 Å². The lowest BCUT2D eigenvalue weighted by atomic mass is 10.2. The minimum Gasteiger partial charge on any atom is -0.326 e. The Bertz CT molecular complexity index is 406. The fourth-order valence-corrected chi connectivity index (χ4v) is 2.26. The summed E-state index contributed by atoms with van der Waals surface area (Å²) in [7, 11) is 0. The zero-order chi connectivity index (χ0) is 11.0. The minimum absolute atomic E-state index is 0.0371. The van der Waals surface area contributed by atoms with Gasteiger partial charge < -0.3 is 10.6 Å². The molecule has 1 saturated heterocycles. The zero-order valence-electron chi connectivity index (χ0n) is 8.53. The molecule has 80 valence electrons. The number of aryl methyl sites for hydroxylation is 1. The van der Waals surface area contributed by atoms with Crippen LogP contribution in [0.4, 0.5) is 5.69 Å². The second-order valence-electron chi connectivity index (χ2n) is 3.92. The lowest BCUT2D eigenvalue weighted by molar-refractivity contribution is -0.117. The highest BCUT2D eigenvalue weighted by Crippen LogP contribution is 2.30. The maximum absolute atomic E-state index is 11.7. The molecule has 1 aliphatic heterocycles. The zero-order valence-corrected chi connectivity index (χ0v) is 10.1. The Balaban J connectivity index is 2.37. The molecule has 0 aromatic heterocycles. The van der Waals surface area contributed by atoms with Gasteiger partial charge in [0, 0.05) is 23.5 Å². The molecule has 1 amide bonds. The molecule has 0 spiro atoms. The first-order valence-electron chi connectivity index (χ1n) is 4.90. The molecule has 1 aromatic carbocycles. The summed E-state index contributed by atoms with van der Waals surface area (Å²) in [6, 6.07) is 5.93. The quantitative estimate of drug-likeness (QED) is 0.845. The molecule has 0 bridgehead atoms. The Morgan fingerprint density at radius 1 is 1.53 bits per heavy atom. The second-order valence-corrected chi connectivity index (χ2v) is 4.78. The number of halogens is 1.